The Hall–Kier alpha value is -1.55. The minimum absolute atomic E-state index is 0.156. The van der Waals surface area contributed by atoms with E-state index in [1.807, 2.05) is 30.3 Å². The summed E-state index contributed by atoms with van der Waals surface area (Å²) in [5.41, 5.74) is 0.862. The molecular formula is C11H15NO3. The van der Waals surface area contributed by atoms with E-state index in [2.05, 4.69) is 10.1 Å². The van der Waals surface area contributed by atoms with Gasteiger partial charge >= 0.3 is 5.97 Å². The largest absolute Gasteiger partial charge is 0.464 e. The monoisotopic (exact) mass is 209 g/mol. The maximum absolute atomic E-state index is 11.1. The molecule has 4 heteroatoms. The molecule has 15 heavy (non-hydrogen) atoms. The van der Waals surface area contributed by atoms with Crippen molar-refractivity contribution in [3.05, 3.63) is 30.3 Å². The molecule has 4 nitrogen and oxygen atoms in total. The smallest absolute Gasteiger partial charge is 0.336 e. The number of aliphatic hydroxyl groups excluding tert-OH is 1. The van der Waals surface area contributed by atoms with Crippen LogP contribution in [0.1, 0.15) is 6.92 Å². The van der Waals surface area contributed by atoms with Crippen LogP contribution in [0.3, 0.4) is 0 Å². The van der Waals surface area contributed by atoms with E-state index in [0.717, 1.165) is 5.69 Å². The number of benzene rings is 1. The second-order valence-corrected chi connectivity index (χ2v) is 3.01. The number of nitrogens with one attached hydrogen (secondary N) is 1. The summed E-state index contributed by atoms with van der Waals surface area (Å²) >= 11 is 0. The molecule has 0 aliphatic carbocycles. The molecule has 0 heterocycles. The van der Waals surface area contributed by atoms with Gasteiger partial charge in [0.2, 0.25) is 0 Å². The number of anilines is 1. The van der Waals surface area contributed by atoms with Gasteiger partial charge < -0.3 is 15.2 Å². The van der Waals surface area contributed by atoms with Crippen molar-refractivity contribution in [1.29, 1.82) is 0 Å². The summed E-state index contributed by atoms with van der Waals surface area (Å²) in [6.45, 7) is 2.14. The third kappa shape index (κ3) is 3.99. The standard InChI is InChI=1S/C11H15NO3/c1-2-15-11(14)10(13)8-12-9-6-4-3-5-7-9/h3-7,10,12-13H,2,8H2,1H3/t10-/m1/s1. The number of rotatable bonds is 5. The highest BCUT2D eigenvalue weighted by atomic mass is 16.5. The first-order chi connectivity index (χ1) is 7.24. The third-order valence-corrected chi connectivity index (χ3v) is 1.83. The van der Waals surface area contributed by atoms with Gasteiger partial charge in [-0.2, -0.15) is 0 Å². The highest BCUT2D eigenvalue weighted by molar-refractivity contribution is 5.75. The topological polar surface area (TPSA) is 58.6 Å². The van der Waals surface area contributed by atoms with Crippen LogP contribution in [-0.4, -0.2) is 30.3 Å². The lowest BCUT2D eigenvalue weighted by Gasteiger charge is -2.11. The van der Waals surface area contributed by atoms with E-state index in [1.165, 1.54) is 0 Å². The van der Waals surface area contributed by atoms with Crippen LogP contribution in [0.5, 0.6) is 0 Å². The predicted molar refractivity (Wildman–Crippen MR) is 57.6 cm³/mol. The molecule has 0 saturated carbocycles. The molecular weight excluding hydrogens is 194 g/mol. The Kier molecular flexibility index (Phi) is 4.63. The molecule has 2 N–H and O–H groups in total. The number of carbonyl (C=O) groups is 1. The minimum atomic E-state index is -1.12. The molecule has 0 aliphatic rings. The Morgan fingerprint density at radius 1 is 1.47 bits per heavy atom. The van der Waals surface area contributed by atoms with Crippen LogP contribution in [0, 0.1) is 0 Å². The first kappa shape index (κ1) is 11.5. The van der Waals surface area contributed by atoms with Crippen LogP contribution >= 0.6 is 0 Å². The van der Waals surface area contributed by atoms with Crippen molar-refractivity contribution in [1.82, 2.24) is 0 Å². The van der Waals surface area contributed by atoms with Crippen LogP contribution in [0.2, 0.25) is 0 Å². The molecule has 0 radical (unpaired) electrons. The Bertz CT molecular complexity index is 300. The van der Waals surface area contributed by atoms with E-state index >= 15 is 0 Å². The van der Waals surface area contributed by atoms with Gasteiger partial charge in [-0.3, -0.25) is 0 Å². The number of aliphatic hydroxyl groups is 1. The van der Waals surface area contributed by atoms with Crippen LogP contribution in [0.4, 0.5) is 5.69 Å². The van der Waals surface area contributed by atoms with Gasteiger partial charge in [0.05, 0.1) is 13.2 Å². The zero-order valence-electron chi connectivity index (χ0n) is 8.64. The molecule has 0 unspecified atom stereocenters. The summed E-state index contributed by atoms with van der Waals surface area (Å²) < 4.78 is 4.66. The van der Waals surface area contributed by atoms with Gasteiger partial charge in [-0.25, -0.2) is 4.79 Å². The normalized spacial score (nSPS) is 11.9. The first-order valence-electron chi connectivity index (χ1n) is 4.87. The average Bonchev–Trinajstić information content (AvgIpc) is 2.27. The predicted octanol–water partition coefficient (Wildman–Crippen LogP) is 1.02. The first-order valence-corrected chi connectivity index (χ1v) is 4.87. The highest BCUT2D eigenvalue weighted by Gasteiger charge is 2.15. The van der Waals surface area contributed by atoms with Crippen molar-refractivity contribution in [2.24, 2.45) is 0 Å². The van der Waals surface area contributed by atoms with E-state index < -0.39 is 12.1 Å². The van der Waals surface area contributed by atoms with E-state index in [0.29, 0.717) is 0 Å². The average molecular weight is 209 g/mol. The van der Waals surface area contributed by atoms with Gasteiger partial charge in [0, 0.05) is 5.69 Å². The van der Waals surface area contributed by atoms with Gasteiger partial charge in [0.1, 0.15) is 0 Å². The third-order valence-electron chi connectivity index (χ3n) is 1.83. The Labute approximate surface area is 88.9 Å². The number of carbonyl (C=O) groups excluding carboxylic acids is 1. The number of esters is 1. The molecule has 1 rings (SSSR count). The van der Waals surface area contributed by atoms with Crippen molar-refractivity contribution in [3.8, 4) is 0 Å². The molecule has 0 saturated heterocycles. The maximum atomic E-state index is 11.1. The number of hydrogen-bond acceptors (Lipinski definition) is 4. The fraction of sp³-hybridized carbons (Fsp3) is 0.364. The Morgan fingerprint density at radius 3 is 2.73 bits per heavy atom. The van der Waals surface area contributed by atoms with Crippen molar-refractivity contribution in [2.75, 3.05) is 18.5 Å². The molecule has 0 bridgehead atoms. The molecule has 1 aromatic rings. The summed E-state index contributed by atoms with van der Waals surface area (Å²) in [5, 5.41) is 12.3. The van der Waals surface area contributed by atoms with Crippen molar-refractivity contribution >= 4 is 11.7 Å². The van der Waals surface area contributed by atoms with E-state index in [4.69, 9.17) is 0 Å². The van der Waals surface area contributed by atoms with Crippen molar-refractivity contribution in [2.45, 2.75) is 13.0 Å². The molecule has 1 atom stereocenters. The summed E-state index contributed by atoms with van der Waals surface area (Å²) in [4.78, 5) is 11.1. The molecule has 82 valence electrons. The quantitative estimate of drug-likeness (QED) is 0.711. The second-order valence-electron chi connectivity index (χ2n) is 3.01. The lowest BCUT2D eigenvalue weighted by atomic mass is 10.3. The summed E-state index contributed by atoms with van der Waals surface area (Å²) in [5.74, 6) is -0.596. The zero-order valence-corrected chi connectivity index (χ0v) is 8.64. The van der Waals surface area contributed by atoms with Gasteiger partial charge in [0.25, 0.3) is 0 Å². The van der Waals surface area contributed by atoms with Crippen molar-refractivity contribution in [3.63, 3.8) is 0 Å². The fourth-order valence-electron chi connectivity index (χ4n) is 1.09. The molecule has 0 aliphatic heterocycles. The summed E-state index contributed by atoms with van der Waals surface area (Å²) in [6.07, 6.45) is -1.12. The van der Waals surface area contributed by atoms with Crippen LogP contribution in [0.15, 0.2) is 30.3 Å². The minimum Gasteiger partial charge on any atom is -0.464 e. The number of ether oxygens (including phenoxy) is 1. The van der Waals surface area contributed by atoms with Gasteiger partial charge in [0.15, 0.2) is 6.10 Å². The summed E-state index contributed by atoms with van der Waals surface area (Å²) in [7, 11) is 0. The molecule has 0 fully saturated rings. The lowest BCUT2D eigenvalue weighted by Crippen LogP contribution is -2.30. The highest BCUT2D eigenvalue weighted by Crippen LogP contribution is 2.04. The van der Waals surface area contributed by atoms with Gasteiger partial charge in [-0.05, 0) is 19.1 Å². The van der Waals surface area contributed by atoms with Crippen LogP contribution < -0.4 is 5.32 Å². The number of hydrogen-bond donors (Lipinski definition) is 2. The second kappa shape index (κ2) is 6.03. The summed E-state index contributed by atoms with van der Waals surface area (Å²) in [6, 6.07) is 9.36. The Balaban J connectivity index is 2.34. The van der Waals surface area contributed by atoms with Crippen LogP contribution in [-0.2, 0) is 9.53 Å². The molecule has 1 aromatic carbocycles. The van der Waals surface area contributed by atoms with E-state index in [9.17, 15) is 9.90 Å². The van der Waals surface area contributed by atoms with Crippen LogP contribution in [0.25, 0.3) is 0 Å². The molecule has 0 spiro atoms. The van der Waals surface area contributed by atoms with E-state index in [1.54, 1.807) is 6.92 Å². The van der Waals surface area contributed by atoms with E-state index in [-0.39, 0.29) is 13.2 Å². The van der Waals surface area contributed by atoms with Gasteiger partial charge in [-0.15, -0.1) is 0 Å². The SMILES string of the molecule is CCOC(=O)[C@H](O)CNc1ccccc1. The molecule has 0 aromatic heterocycles. The Morgan fingerprint density at radius 2 is 2.13 bits per heavy atom. The fourth-order valence-corrected chi connectivity index (χ4v) is 1.09. The van der Waals surface area contributed by atoms with Gasteiger partial charge in [-0.1, -0.05) is 18.2 Å². The van der Waals surface area contributed by atoms with Crippen molar-refractivity contribution < 1.29 is 14.6 Å². The number of para-hydroxylation sites is 1. The lowest BCUT2D eigenvalue weighted by molar-refractivity contribution is -0.152. The zero-order chi connectivity index (χ0) is 11.1. The molecule has 0 amide bonds. The maximum Gasteiger partial charge on any atom is 0.336 e.